The highest BCUT2D eigenvalue weighted by molar-refractivity contribution is 7.99. The topological polar surface area (TPSA) is 20.3 Å². The lowest BCUT2D eigenvalue weighted by atomic mass is 10.1. The number of amides is 1. The van der Waals surface area contributed by atoms with Gasteiger partial charge in [-0.05, 0) is 12.1 Å². The van der Waals surface area contributed by atoms with Crippen LogP contribution in [0.2, 0.25) is 5.02 Å². The van der Waals surface area contributed by atoms with Crippen LogP contribution < -0.4 is 0 Å². The second-order valence-corrected chi connectivity index (χ2v) is 5.70. The van der Waals surface area contributed by atoms with Crippen LogP contribution in [-0.2, 0) is 6.18 Å². The molecule has 0 spiro atoms. The van der Waals surface area contributed by atoms with Crippen LogP contribution in [-0.4, -0.2) is 35.4 Å². The Kier molecular flexibility index (Phi) is 4.30. The number of carbonyl (C=O) groups is 1. The van der Waals surface area contributed by atoms with Gasteiger partial charge in [0.1, 0.15) is 0 Å². The van der Waals surface area contributed by atoms with Crippen molar-refractivity contribution in [2.24, 2.45) is 0 Å². The molecule has 1 saturated heterocycles. The Morgan fingerprint density at radius 3 is 2.47 bits per heavy atom. The van der Waals surface area contributed by atoms with Crippen LogP contribution in [0.15, 0.2) is 18.2 Å². The first-order valence-corrected chi connectivity index (χ1v) is 7.17. The fourth-order valence-corrected chi connectivity index (χ4v) is 3.06. The molecule has 104 valence electrons. The molecule has 19 heavy (non-hydrogen) atoms. The van der Waals surface area contributed by atoms with Crippen LogP contribution in [0.5, 0.6) is 0 Å². The molecule has 1 aromatic rings. The minimum Gasteiger partial charge on any atom is -0.337 e. The van der Waals surface area contributed by atoms with Crippen LogP contribution in [0.3, 0.4) is 0 Å². The minimum atomic E-state index is -4.58. The maximum Gasteiger partial charge on any atom is 0.417 e. The van der Waals surface area contributed by atoms with Gasteiger partial charge in [-0.25, -0.2) is 0 Å². The molecular weight excluding hydrogens is 299 g/mol. The Balaban J connectivity index is 2.40. The summed E-state index contributed by atoms with van der Waals surface area (Å²) in [7, 11) is 0. The molecule has 0 aliphatic carbocycles. The van der Waals surface area contributed by atoms with Gasteiger partial charge in [-0.3, -0.25) is 4.79 Å². The van der Waals surface area contributed by atoms with Gasteiger partial charge in [0.25, 0.3) is 5.91 Å². The van der Waals surface area contributed by atoms with Crippen molar-refractivity contribution < 1.29 is 18.0 Å². The van der Waals surface area contributed by atoms with E-state index in [1.54, 1.807) is 11.8 Å². The Morgan fingerprint density at radius 1 is 1.26 bits per heavy atom. The largest absolute Gasteiger partial charge is 0.417 e. The molecule has 1 aliphatic heterocycles. The van der Waals surface area contributed by atoms with Crippen LogP contribution in [0, 0.1) is 0 Å². The summed E-state index contributed by atoms with van der Waals surface area (Å²) in [6.45, 7) is 0.901. The number of rotatable bonds is 1. The lowest BCUT2D eigenvalue weighted by Crippen LogP contribution is -2.39. The Morgan fingerprint density at radius 2 is 1.89 bits per heavy atom. The molecule has 1 aromatic carbocycles. The molecule has 2 rings (SSSR count). The zero-order valence-electron chi connectivity index (χ0n) is 9.84. The molecular formula is C12H11ClF3NOS. The van der Waals surface area contributed by atoms with Gasteiger partial charge in [0.2, 0.25) is 0 Å². The van der Waals surface area contributed by atoms with E-state index in [1.165, 1.54) is 17.0 Å². The standard InChI is InChI=1S/C12H11ClF3NOS/c13-9-3-1-2-8(12(14,15)16)10(9)11(18)17-4-6-19-7-5-17/h1-3H,4-7H2. The molecule has 0 bridgehead atoms. The van der Waals surface area contributed by atoms with Gasteiger partial charge >= 0.3 is 6.18 Å². The quantitative estimate of drug-likeness (QED) is 0.791. The number of alkyl halides is 3. The van der Waals surface area contributed by atoms with E-state index in [2.05, 4.69) is 0 Å². The highest BCUT2D eigenvalue weighted by atomic mass is 35.5. The minimum absolute atomic E-state index is 0.155. The first-order valence-electron chi connectivity index (χ1n) is 5.64. The third-order valence-electron chi connectivity index (χ3n) is 2.83. The van der Waals surface area contributed by atoms with E-state index in [9.17, 15) is 18.0 Å². The van der Waals surface area contributed by atoms with E-state index < -0.39 is 23.2 Å². The van der Waals surface area contributed by atoms with Crippen molar-refractivity contribution in [2.75, 3.05) is 24.6 Å². The van der Waals surface area contributed by atoms with Crippen molar-refractivity contribution in [3.8, 4) is 0 Å². The van der Waals surface area contributed by atoms with Crippen molar-refractivity contribution in [3.05, 3.63) is 34.3 Å². The number of halogens is 4. The number of thioether (sulfide) groups is 1. The smallest absolute Gasteiger partial charge is 0.337 e. The van der Waals surface area contributed by atoms with Gasteiger partial charge in [0, 0.05) is 24.6 Å². The van der Waals surface area contributed by atoms with Crippen LogP contribution in [0.25, 0.3) is 0 Å². The molecule has 0 unspecified atom stereocenters. The lowest BCUT2D eigenvalue weighted by Gasteiger charge is -2.27. The SMILES string of the molecule is O=C(c1c(Cl)cccc1C(F)(F)F)N1CCSCC1. The van der Waals surface area contributed by atoms with Crippen molar-refractivity contribution in [2.45, 2.75) is 6.18 Å². The molecule has 7 heteroatoms. The average Bonchev–Trinajstić information content (AvgIpc) is 2.37. The van der Waals surface area contributed by atoms with Crippen molar-refractivity contribution >= 4 is 29.3 Å². The molecule has 1 amide bonds. The number of benzene rings is 1. The first kappa shape index (κ1) is 14.5. The molecule has 0 atom stereocenters. The number of carbonyl (C=O) groups excluding carboxylic acids is 1. The van der Waals surface area contributed by atoms with Crippen molar-refractivity contribution in [1.29, 1.82) is 0 Å². The Hall–Kier alpha value is -0.880. The average molecular weight is 310 g/mol. The summed E-state index contributed by atoms with van der Waals surface area (Å²) in [5, 5.41) is -0.155. The van der Waals surface area contributed by atoms with Crippen molar-refractivity contribution in [1.82, 2.24) is 4.90 Å². The Labute approximate surface area is 117 Å². The molecule has 0 radical (unpaired) electrons. The van der Waals surface area contributed by atoms with Crippen LogP contribution in [0.4, 0.5) is 13.2 Å². The molecule has 1 fully saturated rings. The number of nitrogens with zero attached hydrogens (tertiary/aromatic N) is 1. The zero-order chi connectivity index (χ0) is 14.0. The third-order valence-corrected chi connectivity index (χ3v) is 4.09. The summed E-state index contributed by atoms with van der Waals surface area (Å²) >= 11 is 7.47. The van der Waals surface area contributed by atoms with Crippen molar-refractivity contribution in [3.63, 3.8) is 0 Å². The first-order chi connectivity index (χ1) is 8.91. The molecule has 1 aliphatic rings. The fourth-order valence-electron chi connectivity index (χ4n) is 1.90. The predicted molar refractivity (Wildman–Crippen MR) is 69.7 cm³/mol. The van der Waals surface area contributed by atoms with Gasteiger partial charge in [-0.15, -0.1) is 0 Å². The zero-order valence-corrected chi connectivity index (χ0v) is 11.4. The van der Waals surface area contributed by atoms with E-state index in [1.807, 2.05) is 0 Å². The van der Waals surface area contributed by atoms with E-state index in [-0.39, 0.29) is 5.02 Å². The summed E-state index contributed by atoms with van der Waals surface area (Å²) in [4.78, 5) is 13.6. The second kappa shape index (κ2) is 5.63. The Bertz CT molecular complexity index is 486. The van der Waals surface area contributed by atoms with Gasteiger partial charge in [0.15, 0.2) is 0 Å². The van der Waals surface area contributed by atoms with Crippen LogP contribution >= 0.6 is 23.4 Å². The summed E-state index contributed by atoms with van der Waals surface area (Å²) in [5.41, 5.74) is -1.41. The van der Waals surface area contributed by atoms with E-state index >= 15 is 0 Å². The summed E-state index contributed by atoms with van der Waals surface area (Å²) < 4.78 is 38.8. The fraction of sp³-hybridized carbons (Fsp3) is 0.417. The monoisotopic (exact) mass is 309 g/mol. The predicted octanol–water partition coefficient (Wildman–Crippen LogP) is 3.55. The van der Waals surface area contributed by atoms with E-state index in [0.29, 0.717) is 13.1 Å². The third kappa shape index (κ3) is 3.17. The highest BCUT2D eigenvalue weighted by Crippen LogP contribution is 2.35. The number of hydrogen-bond donors (Lipinski definition) is 0. The highest BCUT2D eigenvalue weighted by Gasteiger charge is 2.37. The molecule has 0 aromatic heterocycles. The maximum atomic E-state index is 12.9. The summed E-state index contributed by atoms with van der Waals surface area (Å²) in [5.74, 6) is 0.827. The normalized spacial score (nSPS) is 16.5. The van der Waals surface area contributed by atoms with Gasteiger partial charge < -0.3 is 4.90 Å². The number of hydrogen-bond acceptors (Lipinski definition) is 2. The molecule has 1 heterocycles. The molecule has 0 saturated carbocycles. The molecule has 2 nitrogen and oxygen atoms in total. The summed E-state index contributed by atoms with van der Waals surface area (Å²) in [6, 6.07) is 3.40. The van der Waals surface area contributed by atoms with Crippen LogP contribution in [0.1, 0.15) is 15.9 Å². The van der Waals surface area contributed by atoms with E-state index in [4.69, 9.17) is 11.6 Å². The van der Waals surface area contributed by atoms with E-state index in [0.717, 1.165) is 17.6 Å². The summed E-state index contributed by atoms with van der Waals surface area (Å²) in [6.07, 6.45) is -4.58. The maximum absolute atomic E-state index is 12.9. The molecule has 0 N–H and O–H groups in total. The lowest BCUT2D eigenvalue weighted by molar-refractivity contribution is -0.138. The van der Waals surface area contributed by atoms with Gasteiger partial charge in [-0.2, -0.15) is 24.9 Å². The second-order valence-electron chi connectivity index (χ2n) is 4.06. The van der Waals surface area contributed by atoms with Gasteiger partial charge in [0.05, 0.1) is 16.1 Å². The van der Waals surface area contributed by atoms with Gasteiger partial charge in [-0.1, -0.05) is 17.7 Å².